The molecule has 270 valence electrons. The number of aliphatic hydroxyl groups is 4. The lowest BCUT2D eigenvalue weighted by Gasteiger charge is -2.60. The standard InChI is InChI=1S/C44H64O5/c1-28(31-16-21-44(49)34-23-37(46)35-24-38(47)39(48)27-41(35,4)32(34)15-20-42(31,44)5)36(45)22-33(40(2,3)25-29-12-7-6-8-13-29)30-14-11-19-43(26-30)17-9-10-18-43/h6-8,12-13,23,28,31-32,35-36,38-39,45,47-49H,9-11,14-22,24-27H2,1-5H3/t28-,31-,32+,35+,36+,38+,39-,41+,42+,44-/m0/s1. The van der Waals surface area contributed by atoms with E-state index >= 15 is 0 Å². The molecule has 10 atom stereocenters. The third kappa shape index (κ3) is 5.85. The van der Waals surface area contributed by atoms with Gasteiger partial charge in [-0.3, -0.25) is 4.79 Å². The van der Waals surface area contributed by atoms with Crippen molar-refractivity contribution in [2.45, 2.75) is 161 Å². The van der Waals surface area contributed by atoms with E-state index < -0.39 is 34.7 Å². The van der Waals surface area contributed by atoms with Gasteiger partial charge in [0.2, 0.25) is 0 Å². The predicted molar refractivity (Wildman–Crippen MR) is 195 cm³/mol. The third-order valence-corrected chi connectivity index (χ3v) is 16.0. The number of fused-ring (bicyclic) bond motifs is 5. The number of benzene rings is 1. The summed E-state index contributed by atoms with van der Waals surface area (Å²) in [6.07, 6.45) is 15.3. The van der Waals surface area contributed by atoms with Crippen molar-refractivity contribution < 1.29 is 25.2 Å². The molecule has 0 amide bonds. The van der Waals surface area contributed by atoms with Gasteiger partial charge in [0.25, 0.3) is 0 Å². The summed E-state index contributed by atoms with van der Waals surface area (Å²) in [5.41, 5.74) is 3.66. The summed E-state index contributed by atoms with van der Waals surface area (Å²) >= 11 is 0. The van der Waals surface area contributed by atoms with E-state index in [9.17, 15) is 25.2 Å². The van der Waals surface area contributed by atoms with Gasteiger partial charge >= 0.3 is 0 Å². The maximum atomic E-state index is 13.7. The number of rotatable bonds is 7. The van der Waals surface area contributed by atoms with Gasteiger partial charge in [0, 0.05) is 11.3 Å². The van der Waals surface area contributed by atoms with E-state index in [1.54, 1.807) is 11.6 Å². The monoisotopic (exact) mass is 672 g/mol. The van der Waals surface area contributed by atoms with E-state index in [2.05, 4.69) is 65.0 Å². The SMILES string of the molecule is C[C@H]([C@H](O)CC(=C1CCCC2(CCCC2)C1)C(C)(C)Cc1ccccc1)[C@@H]1CC[C@]2(O)C3=CC(=O)[C@H]4C[C@@H](O)[C@@H](O)C[C@]4(C)[C@@H]3CC[C@]12C. The zero-order chi connectivity index (χ0) is 35.0. The van der Waals surface area contributed by atoms with Crippen LogP contribution in [0.1, 0.15) is 136 Å². The number of aliphatic hydroxyl groups excluding tert-OH is 3. The molecule has 0 radical (unpaired) electrons. The highest BCUT2D eigenvalue weighted by Crippen LogP contribution is 2.68. The van der Waals surface area contributed by atoms with Gasteiger partial charge in [-0.2, -0.15) is 0 Å². The summed E-state index contributed by atoms with van der Waals surface area (Å²) in [6, 6.07) is 10.8. The topological polar surface area (TPSA) is 98.0 Å². The normalized spacial score (nSPS) is 41.0. The predicted octanol–water partition coefficient (Wildman–Crippen LogP) is 8.28. The molecule has 5 saturated carbocycles. The molecule has 0 unspecified atom stereocenters. The van der Waals surface area contributed by atoms with Crippen LogP contribution in [-0.4, -0.2) is 50.1 Å². The van der Waals surface area contributed by atoms with Crippen LogP contribution in [0.2, 0.25) is 0 Å². The van der Waals surface area contributed by atoms with E-state index in [0.717, 1.165) is 37.7 Å². The minimum Gasteiger partial charge on any atom is -0.393 e. The molecule has 1 aromatic rings. The van der Waals surface area contributed by atoms with E-state index in [1.807, 2.05) is 0 Å². The van der Waals surface area contributed by atoms with Crippen molar-refractivity contribution in [1.29, 1.82) is 0 Å². The molecular formula is C44H64O5. The number of carbonyl (C=O) groups excluding carboxylic acids is 1. The van der Waals surface area contributed by atoms with Gasteiger partial charge in [0.15, 0.2) is 5.78 Å². The van der Waals surface area contributed by atoms with Crippen molar-refractivity contribution in [1.82, 2.24) is 0 Å². The molecular weight excluding hydrogens is 608 g/mol. The fraction of sp³-hybridized carbons (Fsp3) is 0.750. The van der Waals surface area contributed by atoms with Gasteiger partial charge in [-0.05, 0) is 141 Å². The Hall–Kier alpha value is -1.79. The average Bonchev–Trinajstić information content (AvgIpc) is 3.62. The van der Waals surface area contributed by atoms with Crippen LogP contribution in [0, 0.1) is 45.3 Å². The van der Waals surface area contributed by atoms with Gasteiger partial charge in [0.05, 0.1) is 23.9 Å². The zero-order valence-electron chi connectivity index (χ0n) is 31.0. The van der Waals surface area contributed by atoms with Crippen LogP contribution in [0.25, 0.3) is 0 Å². The quantitative estimate of drug-likeness (QED) is 0.219. The molecule has 6 aliphatic carbocycles. The lowest BCUT2D eigenvalue weighted by molar-refractivity contribution is -0.154. The van der Waals surface area contributed by atoms with Gasteiger partial charge < -0.3 is 20.4 Å². The van der Waals surface area contributed by atoms with Crippen molar-refractivity contribution in [3.8, 4) is 0 Å². The Balaban J connectivity index is 1.17. The molecule has 7 rings (SSSR count). The van der Waals surface area contributed by atoms with Crippen LogP contribution in [0.3, 0.4) is 0 Å². The molecule has 0 aromatic heterocycles. The summed E-state index contributed by atoms with van der Waals surface area (Å²) in [5, 5.41) is 46.3. The molecule has 0 bridgehead atoms. The first-order valence-electron chi connectivity index (χ1n) is 19.9. The Morgan fingerprint density at radius 2 is 1.63 bits per heavy atom. The van der Waals surface area contributed by atoms with Crippen molar-refractivity contribution in [2.75, 3.05) is 0 Å². The van der Waals surface area contributed by atoms with Crippen LogP contribution in [0.4, 0.5) is 0 Å². The Labute approximate surface area is 295 Å². The van der Waals surface area contributed by atoms with Gasteiger partial charge in [-0.15, -0.1) is 0 Å². The molecule has 5 fully saturated rings. The summed E-state index contributed by atoms with van der Waals surface area (Å²) in [6.45, 7) is 11.4. The number of allylic oxidation sites excluding steroid dienone is 2. The van der Waals surface area contributed by atoms with E-state index in [-0.39, 0.29) is 41.3 Å². The first kappa shape index (κ1) is 35.6. The molecule has 1 spiro atoms. The highest BCUT2D eigenvalue weighted by atomic mass is 16.3. The maximum Gasteiger partial charge on any atom is 0.159 e. The lowest BCUT2D eigenvalue weighted by Crippen LogP contribution is -2.61. The first-order valence-corrected chi connectivity index (χ1v) is 19.9. The minimum absolute atomic E-state index is 0.00154. The van der Waals surface area contributed by atoms with Crippen LogP contribution in [-0.2, 0) is 11.2 Å². The maximum absolute atomic E-state index is 13.7. The second-order valence-corrected chi connectivity index (χ2v) is 19.1. The number of hydrogen-bond donors (Lipinski definition) is 4. The molecule has 5 nitrogen and oxygen atoms in total. The summed E-state index contributed by atoms with van der Waals surface area (Å²) in [5.74, 6) is -0.182. The van der Waals surface area contributed by atoms with E-state index in [1.165, 1.54) is 56.1 Å². The molecule has 49 heavy (non-hydrogen) atoms. The van der Waals surface area contributed by atoms with Gasteiger partial charge in [-0.1, -0.05) is 88.9 Å². The fourth-order valence-corrected chi connectivity index (χ4v) is 13.1. The van der Waals surface area contributed by atoms with Crippen LogP contribution < -0.4 is 0 Å². The second-order valence-electron chi connectivity index (χ2n) is 19.1. The molecule has 0 aliphatic heterocycles. The van der Waals surface area contributed by atoms with Gasteiger partial charge in [-0.25, -0.2) is 0 Å². The number of carbonyl (C=O) groups is 1. The molecule has 5 heteroatoms. The fourth-order valence-electron chi connectivity index (χ4n) is 13.1. The number of ketones is 1. The Bertz CT molecular complexity index is 1470. The van der Waals surface area contributed by atoms with Crippen LogP contribution >= 0.6 is 0 Å². The largest absolute Gasteiger partial charge is 0.393 e. The molecule has 0 heterocycles. The number of hydrogen-bond acceptors (Lipinski definition) is 5. The minimum atomic E-state index is -1.11. The molecule has 1 aromatic carbocycles. The lowest BCUT2D eigenvalue weighted by atomic mass is 9.46. The molecule has 6 aliphatic rings. The summed E-state index contributed by atoms with van der Waals surface area (Å²) in [4.78, 5) is 13.7. The second kappa shape index (κ2) is 12.7. The van der Waals surface area contributed by atoms with E-state index in [0.29, 0.717) is 24.7 Å². The van der Waals surface area contributed by atoms with Crippen molar-refractivity contribution in [3.63, 3.8) is 0 Å². The van der Waals surface area contributed by atoms with Crippen molar-refractivity contribution >= 4 is 5.78 Å². The van der Waals surface area contributed by atoms with Crippen LogP contribution in [0.15, 0.2) is 53.1 Å². The summed E-state index contributed by atoms with van der Waals surface area (Å²) < 4.78 is 0. The smallest absolute Gasteiger partial charge is 0.159 e. The van der Waals surface area contributed by atoms with E-state index in [4.69, 9.17) is 0 Å². The highest BCUT2D eigenvalue weighted by Gasteiger charge is 2.67. The average molecular weight is 673 g/mol. The Morgan fingerprint density at radius 1 is 0.939 bits per heavy atom. The van der Waals surface area contributed by atoms with Crippen molar-refractivity contribution in [2.24, 2.45) is 45.3 Å². The Kier molecular flexibility index (Phi) is 9.23. The molecule has 0 saturated heterocycles. The summed E-state index contributed by atoms with van der Waals surface area (Å²) in [7, 11) is 0. The highest BCUT2D eigenvalue weighted by molar-refractivity contribution is 5.95. The van der Waals surface area contributed by atoms with Gasteiger partial charge in [0.1, 0.15) is 0 Å². The first-order chi connectivity index (χ1) is 23.1. The molecule has 4 N–H and O–H groups in total. The third-order valence-electron chi connectivity index (χ3n) is 16.0. The van der Waals surface area contributed by atoms with Crippen molar-refractivity contribution in [3.05, 3.63) is 58.7 Å². The zero-order valence-corrected chi connectivity index (χ0v) is 31.0. The van der Waals surface area contributed by atoms with Crippen LogP contribution in [0.5, 0.6) is 0 Å². The Morgan fingerprint density at radius 3 is 2.35 bits per heavy atom.